The summed E-state index contributed by atoms with van der Waals surface area (Å²) in [5.74, 6) is 0.442. The van der Waals surface area contributed by atoms with Gasteiger partial charge in [0.05, 0.1) is 17.7 Å². The number of benzene rings is 1. The quantitative estimate of drug-likeness (QED) is 0.836. The van der Waals surface area contributed by atoms with Crippen molar-refractivity contribution in [1.82, 2.24) is 10.6 Å². The molecule has 0 radical (unpaired) electrons. The van der Waals surface area contributed by atoms with Crippen LogP contribution in [-0.4, -0.2) is 18.5 Å². The molecule has 0 fully saturated rings. The van der Waals surface area contributed by atoms with Gasteiger partial charge in [-0.1, -0.05) is 26.0 Å². The van der Waals surface area contributed by atoms with E-state index in [2.05, 4.69) is 30.6 Å². The molecule has 2 N–H and O–H groups in total. The van der Waals surface area contributed by atoms with Crippen molar-refractivity contribution in [3.8, 4) is 6.07 Å². The lowest BCUT2D eigenvalue weighted by Gasteiger charge is -2.20. The van der Waals surface area contributed by atoms with Gasteiger partial charge in [0.25, 0.3) is 0 Å². The monoisotopic (exact) mass is 273 g/mol. The van der Waals surface area contributed by atoms with Crippen LogP contribution in [0, 0.1) is 17.2 Å². The highest BCUT2D eigenvalue weighted by atomic mass is 16.2. The highest BCUT2D eigenvalue weighted by molar-refractivity contribution is 5.81. The second-order valence-electron chi connectivity index (χ2n) is 5.49. The number of carbonyl (C=O) groups excluding carboxylic acids is 1. The van der Waals surface area contributed by atoms with E-state index in [9.17, 15) is 4.79 Å². The van der Waals surface area contributed by atoms with E-state index in [1.807, 2.05) is 32.0 Å². The average Bonchev–Trinajstić information content (AvgIpc) is 2.44. The van der Waals surface area contributed by atoms with Gasteiger partial charge in [0.2, 0.25) is 5.91 Å². The third-order valence-electron chi connectivity index (χ3n) is 3.09. The number of nitrogens with one attached hydrogen (secondary N) is 2. The van der Waals surface area contributed by atoms with Crippen molar-refractivity contribution >= 4 is 5.91 Å². The molecule has 0 saturated heterocycles. The van der Waals surface area contributed by atoms with E-state index in [1.54, 1.807) is 6.07 Å². The Morgan fingerprint density at radius 3 is 2.60 bits per heavy atom. The topological polar surface area (TPSA) is 64.9 Å². The molecule has 2 atom stereocenters. The molecule has 0 aliphatic rings. The number of nitrogens with zero attached hydrogens (tertiary/aromatic N) is 1. The number of hydrogen-bond donors (Lipinski definition) is 2. The Bertz CT molecular complexity index is 491. The fourth-order valence-corrected chi connectivity index (χ4v) is 1.88. The Kier molecular flexibility index (Phi) is 6.20. The first-order valence-corrected chi connectivity index (χ1v) is 6.98. The zero-order valence-electron chi connectivity index (χ0n) is 12.6. The third kappa shape index (κ3) is 5.02. The Morgan fingerprint density at radius 2 is 2.00 bits per heavy atom. The molecule has 0 spiro atoms. The number of nitriles is 1. The molecule has 4 nitrogen and oxygen atoms in total. The van der Waals surface area contributed by atoms with Gasteiger partial charge in [-0.2, -0.15) is 5.26 Å². The SMILES string of the molecule is CC(C)CNC(=O)C(C)NC(C)c1cccc(C#N)c1. The lowest BCUT2D eigenvalue weighted by molar-refractivity contribution is -0.123. The minimum absolute atomic E-state index is 0.00184. The van der Waals surface area contributed by atoms with Crippen molar-refractivity contribution in [3.05, 3.63) is 35.4 Å². The van der Waals surface area contributed by atoms with E-state index < -0.39 is 0 Å². The van der Waals surface area contributed by atoms with Crippen molar-refractivity contribution in [2.24, 2.45) is 5.92 Å². The molecule has 0 aliphatic heterocycles. The summed E-state index contributed by atoms with van der Waals surface area (Å²) < 4.78 is 0. The molecule has 20 heavy (non-hydrogen) atoms. The van der Waals surface area contributed by atoms with Gasteiger partial charge in [0.1, 0.15) is 0 Å². The second kappa shape index (κ2) is 7.66. The van der Waals surface area contributed by atoms with Crippen LogP contribution in [0.3, 0.4) is 0 Å². The lowest BCUT2D eigenvalue weighted by Crippen LogP contribution is -2.44. The molecular weight excluding hydrogens is 250 g/mol. The Morgan fingerprint density at radius 1 is 1.30 bits per heavy atom. The highest BCUT2D eigenvalue weighted by Gasteiger charge is 2.16. The van der Waals surface area contributed by atoms with Crippen molar-refractivity contribution in [3.63, 3.8) is 0 Å². The average molecular weight is 273 g/mol. The minimum atomic E-state index is -0.269. The molecule has 0 heterocycles. The van der Waals surface area contributed by atoms with E-state index in [0.717, 1.165) is 5.56 Å². The second-order valence-corrected chi connectivity index (χ2v) is 5.49. The van der Waals surface area contributed by atoms with Crippen LogP contribution >= 0.6 is 0 Å². The fraction of sp³-hybridized carbons (Fsp3) is 0.500. The summed E-state index contributed by atoms with van der Waals surface area (Å²) in [6, 6.07) is 9.30. The first-order chi connectivity index (χ1) is 9.43. The summed E-state index contributed by atoms with van der Waals surface area (Å²) in [5, 5.41) is 15.1. The van der Waals surface area contributed by atoms with Crippen LogP contribution in [0.5, 0.6) is 0 Å². The van der Waals surface area contributed by atoms with Crippen LogP contribution in [0.1, 0.15) is 44.9 Å². The normalized spacial score (nSPS) is 13.6. The van der Waals surface area contributed by atoms with Crippen molar-refractivity contribution in [2.45, 2.75) is 39.8 Å². The lowest BCUT2D eigenvalue weighted by atomic mass is 10.0. The van der Waals surface area contributed by atoms with Crippen LogP contribution in [0.2, 0.25) is 0 Å². The Hall–Kier alpha value is -1.86. The zero-order chi connectivity index (χ0) is 15.1. The summed E-state index contributed by atoms with van der Waals surface area (Å²) in [7, 11) is 0. The molecule has 0 bridgehead atoms. The van der Waals surface area contributed by atoms with E-state index >= 15 is 0 Å². The highest BCUT2D eigenvalue weighted by Crippen LogP contribution is 2.14. The van der Waals surface area contributed by atoms with E-state index in [-0.39, 0.29) is 18.0 Å². The Balaban J connectivity index is 2.58. The summed E-state index contributed by atoms with van der Waals surface area (Å²) in [6.45, 7) is 8.65. The summed E-state index contributed by atoms with van der Waals surface area (Å²) >= 11 is 0. The predicted molar refractivity (Wildman–Crippen MR) is 80.0 cm³/mol. The maximum absolute atomic E-state index is 11.9. The minimum Gasteiger partial charge on any atom is -0.354 e. The third-order valence-corrected chi connectivity index (χ3v) is 3.09. The van der Waals surface area contributed by atoms with Crippen molar-refractivity contribution in [1.29, 1.82) is 5.26 Å². The Labute approximate surface area is 121 Å². The number of hydrogen-bond acceptors (Lipinski definition) is 3. The zero-order valence-corrected chi connectivity index (χ0v) is 12.6. The van der Waals surface area contributed by atoms with Gasteiger partial charge in [0.15, 0.2) is 0 Å². The molecule has 1 aromatic rings. The van der Waals surface area contributed by atoms with Crippen LogP contribution in [0.4, 0.5) is 0 Å². The van der Waals surface area contributed by atoms with Crippen LogP contribution in [0.25, 0.3) is 0 Å². The van der Waals surface area contributed by atoms with Gasteiger partial charge in [-0.05, 0) is 37.5 Å². The van der Waals surface area contributed by atoms with Crippen molar-refractivity contribution < 1.29 is 4.79 Å². The van der Waals surface area contributed by atoms with Gasteiger partial charge < -0.3 is 5.32 Å². The maximum atomic E-state index is 11.9. The molecule has 0 aliphatic carbocycles. The maximum Gasteiger partial charge on any atom is 0.236 e. The first-order valence-electron chi connectivity index (χ1n) is 6.98. The van der Waals surface area contributed by atoms with Gasteiger partial charge >= 0.3 is 0 Å². The first kappa shape index (κ1) is 16.2. The molecule has 1 amide bonds. The van der Waals surface area contributed by atoms with Gasteiger partial charge in [-0.3, -0.25) is 10.1 Å². The van der Waals surface area contributed by atoms with Crippen molar-refractivity contribution in [2.75, 3.05) is 6.54 Å². The molecule has 4 heteroatoms. The van der Waals surface area contributed by atoms with Gasteiger partial charge in [0, 0.05) is 12.6 Å². The molecule has 0 aromatic heterocycles. The molecule has 108 valence electrons. The van der Waals surface area contributed by atoms with Crippen LogP contribution in [0.15, 0.2) is 24.3 Å². The van der Waals surface area contributed by atoms with E-state index in [1.165, 1.54) is 0 Å². The van der Waals surface area contributed by atoms with Crippen LogP contribution in [-0.2, 0) is 4.79 Å². The largest absolute Gasteiger partial charge is 0.354 e. The van der Waals surface area contributed by atoms with Crippen LogP contribution < -0.4 is 10.6 Å². The summed E-state index contributed by atoms with van der Waals surface area (Å²) in [6.07, 6.45) is 0. The van der Waals surface area contributed by atoms with E-state index in [4.69, 9.17) is 5.26 Å². The molecular formula is C16H23N3O. The van der Waals surface area contributed by atoms with Gasteiger partial charge in [-0.25, -0.2) is 0 Å². The van der Waals surface area contributed by atoms with Gasteiger partial charge in [-0.15, -0.1) is 0 Å². The molecule has 0 saturated carbocycles. The molecule has 2 unspecified atom stereocenters. The molecule has 1 aromatic carbocycles. The predicted octanol–water partition coefficient (Wildman–Crippen LogP) is 2.37. The smallest absolute Gasteiger partial charge is 0.236 e. The number of rotatable bonds is 6. The molecule has 1 rings (SSSR count). The summed E-state index contributed by atoms with van der Waals surface area (Å²) in [4.78, 5) is 11.9. The number of carbonyl (C=O) groups is 1. The fourth-order valence-electron chi connectivity index (χ4n) is 1.88. The summed E-state index contributed by atoms with van der Waals surface area (Å²) in [5.41, 5.74) is 1.64. The van der Waals surface area contributed by atoms with E-state index in [0.29, 0.717) is 18.0 Å². The standard InChI is InChI=1S/C16H23N3O/c1-11(2)10-18-16(20)13(4)19-12(3)15-7-5-6-14(8-15)9-17/h5-8,11-13,19H,10H2,1-4H3,(H,18,20). The number of amides is 1.